The van der Waals surface area contributed by atoms with Crippen molar-refractivity contribution in [3.8, 4) is 0 Å². The standard InChI is InChI=1S/C4H6O10/c5-1(6)3(9)11-13-14-12-4(10)2(7)8/h3-4,9-10H,(H,5,6)(H,7,8). The summed E-state index contributed by atoms with van der Waals surface area (Å²) in [5, 5.41) is 39.4. The van der Waals surface area contributed by atoms with Gasteiger partial charge < -0.3 is 20.4 Å². The number of carboxylic acid groups (broad SMARTS) is 2. The van der Waals surface area contributed by atoms with E-state index >= 15 is 0 Å². The zero-order chi connectivity index (χ0) is 11.1. The van der Waals surface area contributed by atoms with Crippen LogP contribution in [-0.4, -0.2) is 44.9 Å². The van der Waals surface area contributed by atoms with Gasteiger partial charge in [0.05, 0.1) is 0 Å². The molecule has 0 aromatic rings. The maximum Gasteiger partial charge on any atom is 0.364 e. The van der Waals surface area contributed by atoms with Crippen LogP contribution in [0.1, 0.15) is 0 Å². The van der Waals surface area contributed by atoms with Crippen LogP contribution in [0.15, 0.2) is 0 Å². The molecule has 2 unspecified atom stereocenters. The number of aliphatic hydroxyl groups is 2. The number of hydrogen-bond donors (Lipinski definition) is 4. The van der Waals surface area contributed by atoms with Crippen LogP contribution in [0.2, 0.25) is 0 Å². The molecule has 0 aliphatic rings. The van der Waals surface area contributed by atoms with Crippen molar-refractivity contribution in [3.63, 3.8) is 0 Å². The number of rotatable bonds is 7. The van der Waals surface area contributed by atoms with Crippen LogP contribution in [-0.2, 0) is 29.4 Å². The van der Waals surface area contributed by atoms with Crippen LogP contribution in [0.3, 0.4) is 0 Å². The molecule has 0 saturated carbocycles. The fourth-order valence-electron chi connectivity index (χ4n) is 0.189. The molecule has 0 radical (unpaired) electrons. The van der Waals surface area contributed by atoms with Gasteiger partial charge in [0.2, 0.25) is 0 Å². The van der Waals surface area contributed by atoms with E-state index in [0.29, 0.717) is 0 Å². The topological polar surface area (TPSA) is 152 Å². The summed E-state index contributed by atoms with van der Waals surface area (Å²) < 4.78 is 0. The third-order valence-electron chi connectivity index (χ3n) is 0.711. The van der Waals surface area contributed by atoms with E-state index < -0.39 is 24.5 Å². The lowest BCUT2D eigenvalue weighted by Crippen LogP contribution is -2.26. The molecule has 0 saturated heterocycles. The zero-order valence-corrected chi connectivity index (χ0v) is 6.39. The Hall–Kier alpha value is -1.30. The van der Waals surface area contributed by atoms with Crippen molar-refractivity contribution >= 4 is 11.9 Å². The van der Waals surface area contributed by atoms with Gasteiger partial charge in [-0.1, -0.05) is 0 Å². The van der Waals surface area contributed by atoms with Gasteiger partial charge in [-0.3, -0.25) is 0 Å². The number of aliphatic carboxylic acids is 2. The van der Waals surface area contributed by atoms with Gasteiger partial charge in [0.25, 0.3) is 12.6 Å². The van der Waals surface area contributed by atoms with E-state index in [0.717, 1.165) is 0 Å². The molecule has 0 aliphatic carbocycles. The van der Waals surface area contributed by atoms with Gasteiger partial charge in [0.1, 0.15) is 0 Å². The summed E-state index contributed by atoms with van der Waals surface area (Å²) in [5.41, 5.74) is 0. The molecule has 0 heterocycles. The molecule has 0 aliphatic heterocycles. The van der Waals surface area contributed by atoms with Crippen molar-refractivity contribution < 1.29 is 49.9 Å². The summed E-state index contributed by atoms with van der Waals surface area (Å²) in [4.78, 5) is 26.8. The quantitative estimate of drug-likeness (QED) is 0.156. The molecular formula is C4H6O10. The third kappa shape index (κ3) is 5.36. The SMILES string of the molecule is O=C(O)C(O)OOOOC(O)C(=O)O. The summed E-state index contributed by atoms with van der Waals surface area (Å²) in [6.07, 6.45) is -4.67. The number of hydrogen-bond acceptors (Lipinski definition) is 8. The van der Waals surface area contributed by atoms with Crippen molar-refractivity contribution in [3.05, 3.63) is 0 Å². The molecule has 82 valence electrons. The average Bonchev–Trinajstić information content (AvgIpc) is 2.11. The van der Waals surface area contributed by atoms with Crippen LogP contribution in [0.25, 0.3) is 0 Å². The van der Waals surface area contributed by atoms with Crippen LogP contribution in [0.4, 0.5) is 0 Å². The first kappa shape index (κ1) is 12.7. The lowest BCUT2D eigenvalue weighted by Gasteiger charge is -2.05. The molecule has 4 N–H and O–H groups in total. The lowest BCUT2D eigenvalue weighted by atomic mass is 10.7. The first-order valence-corrected chi connectivity index (χ1v) is 2.92. The van der Waals surface area contributed by atoms with E-state index in [4.69, 9.17) is 20.4 Å². The van der Waals surface area contributed by atoms with Gasteiger partial charge >= 0.3 is 11.9 Å². The Bertz CT molecular complexity index is 178. The highest BCUT2D eigenvalue weighted by Crippen LogP contribution is 1.93. The molecular weight excluding hydrogens is 208 g/mol. The first-order valence-electron chi connectivity index (χ1n) is 2.92. The number of carbonyl (C=O) groups is 2. The second kappa shape index (κ2) is 6.20. The Morgan fingerprint density at radius 2 is 1.14 bits per heavy atom. The predicted octanol–water partition coefficient (Wildman–Crippen LogP) is -2.40. The van der Waals surface area contributed by atoms with E-state index in [1.807, 2.05) is 0 Å². The molecule has 0 rings (SSSR count). The second-order valence-corrected chi connectivity index (χ2v) is 1.71. The maximum atomic E-state index is 9.84. The zero-order valence-electron chi connectivity index (χ0n) is 6.39. The molecule has 2 atom stereocenters. The molecule has 0 fully saturated rings. The molecule has 0 bridgehead atoms. The molecule has 14 heavy (non-hydrogen) atoms. The van der Waals surface area contributed by atoms with Gasteiger partial charge in [-0.25, -0.2) is 9.59 Å². The van der Waals surface area contributed by atoms with Crippen molar-refractivity contribution in [1.82, 2.24) is 0 Å². The van der Waals surface area contributed by atoms with Gasteiger partial charge in [-0.15, -0.1) is 0 Å². The Morgan fingerprint density at radius 3 is 1.36 bits per heavy atom. The van der Waals surface area contributed by atoms with E-state index in [1.165, 1.54) is 0 Å². The molecule has 10 heteroatoms. The summed E-state index contributed by atoms with van der Waals surface area (Å²) >= 11 is 0. The Labute approximate surface area is 75.6 Å². The van der Waals surface area contributed by atoms with Gasteiger partial charge in [-0.2, -0.15) is 9.78 Å². The van der Waals surface area contributed by atoms with E-state index in [1.54, 1.807) is 0 Å². The highest BCUT2D eigenvalue weighted by atomic mass is 17.7. The van der Waals surface area contributed by atoms with Crippen molar-refractivity contribution in [2.24, 2.45) is 0 Å². The summed E-state index contributed by atoms with van der Waals surface area (Å²) in [5.74, 6) is -3.54. The van der Waals surface area contributed by atoms with E-state index in [-0.39, 0.29) is 0 Å². The molecule has 0 aromatic carbocycles. The normalized spacial score (nSPS) is 14.7. The molecule has 0 aromatic heterocycles. The predicted molar refractivity (Wildman–Crippen MR) is 31.6 cm³/mol. The van der Waals surface area contributed by atoms with Crippen molar-refractivity contribution in [2.45, 2.75) is 12.6 Å². The summed E-state index contributed by atoms with van der Waals surface area (Å²) in [6, 6.07) is 0. The van der Waals surface area contributed by atoms with E-state index in [2.05, 4.69) is 19.9 Å². The van der Waals surface area contributed by atoms with Crippen LogP contribution >= 0.6 is 0 Å². The van der Waals surface area contributed by atoms with Gasteiger partial charge in [-0.05, 0) is 10.1 Å². The summed E-state index contributed by atoms with van der Waals surface area (Å²) in [7, 11) is 0. The van der Waals surface area contributed by atoms with Gasteiger partial charge in [0, 0.05) is 0 Å². The Morgan fingerprint density at radius 1 is 0.857 bits per heavy atom. The first-order chi connectivity index (χ1) is 6.45. The average molecular weight is 214 g/mol. The third-order valence-corrected chi connectivity index (χ3v) is 0.711. The van der Waals surface area contributed by atoms with Gasteiger partial charge in [0.15, 0.2) is 0 Å². The largest absolute Gasteiger partial charge is 0.477 e. The smallest absolute Gasteiger partial charge is 0.364 e. The number of aliphatic hydroxyl groups excluding tert-OH is 2. The minimum absolute atomic E-state index is 1.77. The van der Waals surface area contributed by atoms with Crippen molar-refractivity contribution in [1.29, 1.82) is 0 Å². The van der Waals surface area contributed by atoms with Crippen LogP contribution in [0.5, 0.6) is 0 Å². The lowest BCUT2D eigenvalue weighted by molar-refractivity contribution is -0.659. The second-order valence-electron chi connectivity index (χ2n) is 1.71. The van der Waals surface area contributed by atoms with Crippen LogP contribution in [0, 0.1) is 0 Å². The van der Waals surface area contributed by atoms with Crippen LogP contribution < -0.4 is 0 Å². The molecule has 10 nitrogen and oxygen atoms in total. The van der Waals surface area contributed by atoms with E-state index in [9.17, 15) is 9.59 Å². The minimum atomic E-state index is -2.33. The number of carboxylic acids is 2. The monoisotopic (exact) mass is 214 g/mol. The Balaban J connectivity index is 3.47. The van der Waals surface area contributed by atoms with Crippen molar-refractivity contribution in [2.75, 3.05) is 0 Å². The summed E-state index contributed by atoms with van der Waals surface area (Å²) in [6.45, 7) is 0. The molecule has 0 spiro atoms. The highest BCUT2D eigenvalue weighted by molar-refractivity contribution is 5.70. The Kier molecular flexibility index (Phi) is 5.62. The highest BCUT2D eigenvalue weighted by Gasteiger charge is 2.18. The minimum Gasteiger partial charge on any atom is -0.477 e. The fourth-order valence-corrected chi connectivity index (χ4v) is 0.189. The maximum absolute atomic E-state index is 9.84. The fraction of sp³-hybridized carbons (Fsp3) is 0.500. The molecule has 0 amide bonds.